The summed E-state index contributed by atoms with van der Waals surface area (Å²) in [5.74, 6) is -0.119. The predicted molar refractivity (Wildman–Crippen MR) is 130 cm³/mol. The van der Waals surface area contributed by atoms with Crippen molar-refractivity contribution in [3.8, 4) is 28.4 Å². The summed E-state index contributed by atoms with van der Waals surface area (Å²) in [5, 5.41) is 2.77. The van der Waals surface area contributed by atoms with E-state index in [-0.39, 0.29) is 52.2 Å². The van der Waals surface area contributed by atoms with Crippen molar-refractivity contribution in [3.63, 3.8) is 0 Å². The number of nitrogens with one attached hydrogen (secondary N) is 1. The largest absolute Gasteiger partial charge is 0.497 e. The van der Waals surface area contributed by atoms with E-state index in [2.05, 4.69) is 15.3 Å². The van der Waals surface area contributed by atoms with Crippen molar-refractivity contribution in [3.05, 3.63) is 76.3 Å². The summed E-state index contributed by atoms with van der Waals surface area (Å²) < 4.78 is 21.0. The fourth-order valence-corrected chi connectivity index (χ4v) is 3.70. The number of hydrogen-bond acceptors (Lipinski definition) is 6. The lowest BCUT2D eigenvalue weighted by atomic mass is 10.1. The number of ether oxygens (including phenoxy) is 1. The third kappa shape index (κ3) is 4.93. The summed E-state index contributed by atoms with van der Waals surface area (Å²) in [5.41, 5.74) is 0.806. The number of amides is 1. The molecule has 4 rings (SSSR count). The highest BCUT2D eigenvalue weighted by atomic mass is 19.1. The number of rotatable bonds is 7. The molecule has 0 aliphatic carbocycles. The van der Waals surface area contributed by atoms with Gasteiger partial charge in [-0.15, -0.1) is 0 Å². The molecule has 2 heterocycles. The predicted octanol–water partition coefficient (Wildman–Crippen LogP) is 3.61. The van der Waals surface area contributed by atoms with E-state index in [0.717, 1.165) is 0 Å². The molecule has 9 heteroatoms. The quantitative estimate of drug-likeness (QED) is 0.411. The van der Waals surface area contributed by atoms with Crippen LogP contribution in [0.3, 0.4) is 0 Å². The van der Waals surface area contributed by atoms with E-state index >= 15 is 0 Å². The molecule has 35 heavy (non-hydrogen) atoms. The molecule has 8 nitrogen and oxygen atoms in total. The molecule has 0 spiro atoms. The number of fused-ring (bicyclic) bond motifs is 1. The second-order valence-electron chi connectivity index (χ2n) is 8.20. The number of benzene rings is 2. The lowest BCUT2D eigenvalue weighted by Crippen LogP contribution is -2.37. The van der Waals surface area contributed by atoms with Crippen molar-refractivity contribution in [2.75, 3.05) is 7.11 Å². The fourth-order valence-electron chi connectivity index (χ4n) is 3.70. The van der Waals surface area contributed by atoms with Gasteiger partial charge < -0.3 is 10.1 Å². The summed E-state index contributed by atoms with van der Waals surface area (Å²) >= 11 is 0. The number of aromatic nitrogens is 3. The smallest absolute Gasteiger partial charge is 0.280 e. The van der Waals surface area contributed by atoms with E-state index in [1.54, 1.807) is 30.3 Å². The molecule has 2 aromatic carbocycles. The minimum atomic E-state index is -0.583. The van der Waals surface area contributed by atoms with Gasteiger partial charge in [-0.2, -0.15) is 0 Å². The zero-order valence-corrected chi connectivity index (χ0v) is 19.4. The van der Waals surface area contributed by atoms with E-state index in [1.165, 1.54) is 35.9 Å². The van der Waals surface area contributed by atoms with Gasteiger partial charge in [0.25, 0.3) is 5.56 Å². The number of halogens is 1. The van der Waals surface area contributed by atoms with Gasteiger partial charge in [-0.1, -0.05) is 12.1 Å². The van der Waals surface area contributed by atoms with Crippen LogP contribution in [-0.2, 0) is 11.3 Å². The van der Waals surface area contributed by atoms with Gasteiger partial charge in [0.1, 0.15) is 30.2 Å². The zero-order valence-electron chi connectivity index (χ0n) is 19.4. The van der Waals surface area contributed by atoms with Gasteiger partial charge in [0.2, 0.25) is 5.91 Å². The number of carbonyl (C=O) groups excluding carboxylic acids is 2. The SMILES string of the molecule is COc1cccc(-c2nc3ccc(-c4cc(C=O)ccc4F)nc3c(=O)n2CC(=O)NC(C)C)c1. The number of methoxy groups -OCH3 is 1. The normalized spacial score (nSPS) is 11.0. The van der Waals surface area contributed by atoms with Gasteiger partial charge in [0.05, 0.1) is 18.3 Å². The first kappa shape index (κ1) is 23.7. The summed E-state index contributed by atoms with van der Waals surface area (Å²) in [6, 6.07) is 13.9. The second kappa shape index (κ2) is 9.84. The summed E-state index contributed by atoms with van der Waals surface area (Å²) in [7, 11) is 1.53. The van der Waals surface area contributed by atoms with Crippen molar-refractivity contribution >= 4 is 23.2 Å². The van der Waals surface area contributed by atoms with Gasteiger partial charge in [-0.25, -0.2) is 14.4 Å². The van der Waals surface area contributed by atoms with Crippen LogP contribution in [0.2, 0.25) is 0 Å². The molecule has 2 aromatic heterocycles. The molecule has 0 bridgehead atoms. The van der Waals surface area contributed by atoms with Crippen molar-refractivity contribution in [2.45, 2.75) is 26.4 Å². The molecule has 0 unspecified atom stereocenters. The Labute approximate surface area is 200 Å². The Kier molecular flexibility index (Phi) is 6.68. The van der Waals surface area contributed by atoms with Crippen molar-refractivity contribution in [2.24, 2.45) is 0 Å². The first-order valence-electron chi connectivity index (χ1n) is 10.9. The molecular weight excluding hydrogens is 451 g/mol. The maximum Gasteiger partial charge on any atom is 0.280 e. The Morgan fingerprint density at radius 2 is 1.94 bits per heavy atom. The van der Waals surface area contributed by atoms with E-state index in [9.17, 15) is 18.8 Å². The van der Waals surface area contributed by atoms with E-state index < -0.39 is 11.4 Å². The maximum absolute atomic E-state index is 14.5. The van der Waals surface area contributed by atoms with Crippen molar-refractivity contribution in [1.29, 1.82) is 0 Å². The highest BCUT2D eigenvalue weighted by Gasteiger charge is 2.19. The average molecular weight is 474 g/mol. The van der Waals surface area contributed by atoms with Gasteiger partial charge in [-0.3, -0.25) is 19.0 Å². The molecule has 0 saturated carbocycles. The molecule has 1 amide bonds. The Bertz CT molecular complexity index is 1500. The molecule has 0 aliphatic rings. The van der Waals surface area contributed by atoms with Crippen LogP contribution in [0.4, 0.5) is 4.39 Å². The number of carbonyl (C=O) groups is 2. The van der Waals surface area contributed by atoms with Crippen molar-refractivity contribution in [1.82, 2.24) is 19.9 Å². The highest BCUT2D eigenvalue weighted by molar-refractivity contribution is 5.83. The minimum absolute atomic E-state index is 0.0256. The third-order valence-corrected chi connectivity index (χ3v) is 5.29. The summed E-state index contributed by atoms with van der Waals surface area (Å²) in [6.07, 6.45) is 0.603. The van der Waals surface area contributed by atoms with Gasteiger partial charge in [0, 0.05) is 22.7 Å². The monoisotopic (exact) mass is 474 g/mol. The molecule has 178 valence electrons. The molecular formula is C26H23FN4O4. The number of hydrogen-bond donors (Lipinski definition) is 1. The maximum atomic E-state index is 14.5. The molecule has 0 fully saturated rings. The average Bonchev–Trinajstić information content (AvgIpc) is 2.85. The van der Waals surface area contributed by atoms with Gasteiger partial charge >= 0.3 is 0 Å². The van der Waals surface area contributed by atoms with Crippen molar-refractivity contribution < 1.29 is 18.7 Å². The lowest BCUT2D eigenvalue weighted by molar-refractivity contribution is -0.122. The first-order valence-corrected chi connectivity index (χ1v) is 10.9. The fraction of sp³-hybridized carbons (Fsp3) is 0.192. The molecule has 0 aliphatic heterocycles. The zero-order chi connectivity index (χ0) is 25.1. The standard InChI is InChI=1S/C26H23FN4O4/c1-15(2)28-23(33)13-31-25(17-5-4-6-18(12-17)35-3)30-22-10-9-21(29-24(22)26(31)34)19-11-16(14-32)7-8-20(19)27/h4-12,14-15H,13H2,1-3H3,(H,28,33). The van der Waals surface area contributed by atoms with E-state index in [1.807, 2.05) is 13.8 Å². The molecule has 0 atom stereocenters. The van der Waals surface area contributed by atoms with E-state index in [4.69, 9.17) is 4.74 Å². The molecule has 1 N–H and O–H groups in total. The first-order chi connectivity index (χ1) is 16.8. The topological polar surface area (TPSA) is 103 Å². The molecule has 0 saturated heterocycles. The number of pyridine rings is 1. The van der Waals surface area contributed by atoms with Crippen LogP contribution in [0.1, 0.15) is 24.2 Å². The third-order valence-electron chi connectivity index (χ3n) is 5.29. The Morgan fingerprint density at radius 1 is 1.14 bits per heavy atom. The van der Waals surface area contributed by atoms with Crippen LogP contribution in [0, 0.1) is 5.82 Å². The van der Waals surface area contributed by atoms with Gasteiger partial charge in [0.15, 0.2) is 5.52 Å². The van der Waals surface area contributed by atoms with Crippen LogP contribution in [0.15, 0.2) is 59.4 Å². The van der Waals surface area contributed by atoms with Crippen LogP contribution in [-0.4, -0.2) is 39.9 Å². The van der Waals surface area contributed by atoms with Crippen LogP contribution < -0.4 is 15.6 Å². The Hall–Kier alpha value is -4.40. The Morgan fingerprint density at radius 3 is 2.66 bits per heavy atom. The highest BCUT2D eigenvalue weighted by Crippen LogP contribution is 2.26. The summed E-state index contributed by atoms with van der Waals surface area (Å²) in [6.45, 7) is 3.35. The van der Waals surface area contributed by atoms with E-state index in [0.29, 0.717) is 17.6 Å². The van der Waals surface area contributed by atoms with Crippen LogP contribution in [0.25, 0.3) is 33.7 Å². The second-order valence-corrected chi connectivity index (χ2v) is 8.20. The number of aldehydes is 1. The summed E-state index contributed by atoms with van der Waals surface area (Å²) in [4.78, 5) is 46.3. The minimum Gasteiger partial charge on any atom is -0.497 e. The lowest BCUT2D eigenvalue weighted by Gasteiger charge is -2.15. The molecule has 4 aromatic rings. The number of nitrogens with zero attached hydrogens (tertiary/aromatic N) is 3. The molecule has 0 radical (unpaired) electrons. The van der Waals surface area contributed by atoms with Crippen LogP contribution >= 0.6 is 0 Å². The van der Waals surface area contributed by atoms with Crippen LogP contribution in [0.5, 0.6) is 5.75 Å². The Balaban J connectivity index is 1.94. The van der Waals surface area contributed by atoms with Gasteiger partial charge in [-0.05, 0) is 56.3 Å².